The summed E-state index contributed by atoms with van der Waals surface area (Å²) in [4.78, 5) is 20.0. The number of halogens is 1. The minimum Gasteiger partial charge on any atom is -0.478 e. The Morgan fingerprint density at radius 1 is 1.55 bits per heavy atom. The van der Waals surface area contributed by atoms with Crippen LogP contribution in [0, 0.1) is 0 Å². The Bertz CT molecular complexity index is 228. The number of carboxylic acids is 1. The van der Waals surface area contributed by atoms with Gasteiger partial charge in [-0.05, 0) is 19.1 Å². The molecule has 0 aliphatic rings. The molecule has 0 atom stereocenters. The highest BCUT2D eigenvalue weighted by Crippen LogP contribution is 2.09. The first kappa shape index (κ1) is 9.91. The van der Waals surface area contributed by atoms with Gasteiger partial charge in [0.2, 0.25) is 0 Å². The van der Waals surface area contributed by atoms with Gasteiger partial charge in [0, 0.05) is 0 Å². The van der Waals surface area contributed by atoms with Crippen LogP contribution in [0.5, 0.6) is 0 Å². The average Bonchev–Trinajstić information content (AvgIpc) is 1.98. The lowest BCUT2D eigenvalue weighted by Gasteiger charge is -1.92. The van der Waals surface area contributed by atoms with Crippen LogP contribution in [0.3, 0.4) is 0 Å². The Balaban J connectivity index is 4.52. The van der Waals surface area contributed by atoms with Gasteiger partial charge in [-0.2, -0.15) is 0 Å². The van der Waals surface area contributed by atoms with Crippen molar-refractivity contribution in [1.29, 1.82) is 0 Å². The van der Waals surface area contributed by atoms with Crippen molar-refractivity contribution in [2.45, 2.75) is 6.92 Å². The molecule has 0 aromatic rings. The predicted octanol–water partition coefficient (Wildman–Crippen LogP) is 1.34. The second-order valence-electron chi connectivity index (χ2n) is 1.77. The van der Waals surface area contributed by atoms with Gasteiger partial charge in [0.1, 0.15) is 6.29 Å². The molecule has 60 valence electrons. The summed E-state index contributed by atoms with van der Waals surface area (Å²) in [5, 5.41) is 8.45. The maximum Gasteiger partial charge on any atom is 0.332 e. The minimum absolute atomic E-state index is 0.0183. The molecule has 4 heteroatoms. The maximum atomic E-state index is 10.2. The zero-order valence-corrected chi connectivity index (χ0v) is 6.63. The van der Waals surface area contributed by atoms with Crippen molar-refractivity contribution in [3.63, 3.8) is 0 Å². The van der Waals surface area contributed by atoms with E-state index in [4.69, 9.17) is 16.7 Å². The molecule has 0 heterocycles. The molecule has 1 N–H and O–H groups in total. The molecule has 0 fully saturated rings. The smallest absolute Gasteiger partial charge is 0.332 e. The molecule has 0 unspecified atom stereocenters. The summed E-state index contributed by atoms with van der Waals surface area (Å²) in [6.45, 7) is 1.36. The molecule has 0 rings (SSSR count). The van der Waals surface area contributed by atoms with Crippen LogP contribution in [0.4, 0.5) is 0 Å². The third kappa shape index (κ3) is 3.57. The lowest BCUT2D eigenvalue weighted by atomic mass is 10.3. The molecule has 0 saturated carbocycles. The Hall–Kier alpha value is -1.09. The summed E-state index contributed by atoms with van der Waals surface area (Å²) in [6, 6.07) is 0. The average molecular weight is 175 g/mol. The van der Waals surface area contributed by atoms with Crippen molar-refractivity contribution >= 4 is 23.9 Å². The predicted molar refractivity (Wildman–Crippen MR) is 41.4 cm³/mol. The number of hydrogen-bond donors (Lipinski definition) is 1. The summed E-state index contributed by atoms with van der Waals surface area (Å²) in [6.07, 6.45) is 2.89. The van der Waals surface area contributed by atoms with Crippen LogP contribution in [0.2, 0.25) is 0 Å². The van der Waals surface area contributed by atoms with E-state index in [0.717, 1.165) is 6.08 Å². The van der Waals surface area contributed by atoms with Gasteiger partial charge in [-0.15, -0.1) is 0 Å². The summed E-state index contributed by atoms with van der Waals surface area (Å²) in [7, 11) is 0. The lowest BCUT2D eigenvalue weighted by molar-refractivity contribution is -0.132. The van der Waals surface area contributed by atoms with Crippen molar-refractivity contribution in [2.75, 3.05) is 0 Å². The van der Waals surface area contributed by atoms with E-state index in [1.807, 2.05) is 0 Å². The van der Waals surface area contributed by atoms with Gasteiger partial charge in [0.05, 0.1) is 10.6 Å². The SMILES string of the molecule is C/C(C(=O)O)=C(Cl)\C=C\C=O. The molecule has 11 heavy (non-hydrogen) atoms. The fourth-order valence-corrected chi connectivity index (χ4v) is 0.504. The molecule has 0 aliphatic heterocycles. The van der Waals surface area contributed by atoms with Crippen molar-refractivity contribution in [3.05, 3.63) is 22.8 Å². The first-order chi connectivity index (χ1) is 5.09. The number of allylic oxidation sites excluding steroid dienone is 3. The van der Waals surface area contributed by atoms with Gasteiger partial charge in [0.25, 0.3) is 0 Å². The lowest BCUT2D eigenvalue weighted by Crippen LogP contribution is -1.97. The van der Waals surface area contributed by atoms with E-state index < -0.39 is 5.97 Å². The van der Waals surface area contributed by atoms with Crippen LogP contribution in [-0.4, -0.2) is 17.4 Å². The zero-order valence-electron chi connectivity index (χ0n) is 5.87. The molecular formula is C7H7ClO3. The molecule has 3 nitrogen and oxygen atoms in total. The number of hydrogen-bond acceptors (Lipinski definition) is 2. The van der Waals surface area contributed by atoms with E-state index in [9.17, 15) is 9.59 Å². The topological polar surface area (TPSA) is 54.4 Å². The first-order valence-corrected chi connectivity index (χ1v) is 3.19. The van der Waals surface area contributed by atoms with Gasteiger partial charge in [-0.25, -0.2) is 4.79 Å². The van der Waals surface area contributed by atoms with Crippen molar-refractivity contribution in [2.24, 2.45) is 0 Å². The van der Waals surface area contributed by atoms with E-state index >= 15 is 0 Å². The standard InChI is InChI=1S/C7H7ClO3/c1-5(7(10)11)6(8)3-2-4-9/h2-4H,1H3,(H,10,11)/b3-2+,6-5-. The minimum atomic E-state index is -1.09. The largest absolute Gasteiger partial charge is 0.478 e. The zero-order chi connectivity index (χ0) is 8.85. The fraction of sp³-hybridized carbons (Fsp3) is 0.143. The molecule has 0 bridgehead atoms. The Morgan fingerprint density at radius 2 is 2.09 bits per heavy atom. The summed E-state index contributed by atoms with van der Waals surface area (Å²) in [5.41, 5.74) is 0.0183. The van der Waals surface area contributed by atoms with Crippen molar-refractivity contribution < 1.29 is 14.7 Å². The number of carbonyl (C=O) groups is 2. The molecule has 0 aromatic carbocycles. The molecule has 0 aliphatic carbocycles. The summed E-state index contributed by atoms with van der Waals surface area (Å²) < 4.78 is 0. The highest BCUT2D eigenvalue weighted by Gasteiger charge is 2.03. The third-order valence-electron chi connectivity index (χ3n) is 1.00. The van der Waals surface area contributed by atoms with E-state index in [1.165, 1.54) is 13.0 Å². The second-order valence-corrected chi connectivity index (χ2v) is 2.18. The first-order valence-electron chi connectivity index (χ1n) is 2.81. The van der Waals surface area contributed by atoms with Crippen LogP contribution in [0.1, 0.15) is 6.92 Å². The van der Waals surface area contributed by atoms with Crippen LogP contribution in [0.15, 0.2) is 22.8 Å². The third-order valence-corrected chi connectivity index (χ3v) is 1.41. The van der Waals surface area contributed by atoms with Gasteiger partial charge in [0.15, 0.2) is 0 Å². The molecule has 0 spiro atoms. The molecule has 0 saturated heterocycles. The van der Waals surface area contributed by atoms with Gasteiger partial charge in [-0.3, -0.25) is 4.79 Å². The highest BCUT2D eigenvalue weighted by molar-refractivity contribution is 6.33. The Labute approximate surface area is 69.0 Å². The van der Waals surface area contributed by atoms with Crippen molar-refractivity contribution in [3.8, 4) is 0 Å². The quantitative estimate of drug-likeness (QED) is 0.399. The van der Waals surface area contributed by atoms with E-state index in [0.29, 0.717) is 6.29 Å². The number of carbonyl (C=O) groups excluding carboxylic acids is 1. The van der Waals surface area contributed by atoms with Gasteiger partial charge in [-0.1, -0.05) is 11.6 Å². The van der Waals surface area contributed by atoms with E-state index in [2.05, 4.69) is 0 Å². The summed E-state index contributed by atoms with van der Waals surface area (Å²) >= 11 is 5.46. The van der Waals surface area contributed by atoms with E-state index in [1.54, 1.807) is 0 Å². The molecule has 0 amide bonds. The van der Waals surface area contributed by atoms with Gasteiger partial charge >= 0.3 is 5.97 Å². The fourth-order valence-electron chi connectivity index (χ4n) is 0.351. The van der Waals surface area contributed by atoms with Crippen LogP contribution in [-0.2, 0) is 9.59 Å². The molecular weight excluding hydrogens is 168 g/mol. The van der Waals surface area contributed by atoms with Crippen LogP contribution in [0.25, 0.3) is 0 Å². The maximum absolute atomic E-state index is 10.2. The Morgan fingerprint density at radius 3 is 2.45 bits per heavy atom. The number of aldehydes is 1. The number of aliphatic carboxylic acids is 1. The second kappa shape index (κ2) is 4.68. The highest BCUT2D eigenvalue weighted by atomic mass is 35.5. The number of carboxylic acid groups (broad SMARTS) is 1. The molecule has 0 radical (unpaired) electrons. The molecule has 0 aromatic heterocycles. The van der Waals surface area contributed by atoms with Crippen LogP contribution < -0.4 is 0 Å². The summed E-state index contributed by atoms with van der Waals surface area (Å²) in [5.74, 6) is -1.09. The number of rotatable bonds is 3. The normalized spacial score (nSPS) is 12.9. The van der Waals surface area contributed by atoms with Crippen molar-refractivity contribution in [1.82, 2.24) is 0 Å². The van der Waals surface area contributed by atoms with E-state index in [-0.39, 0.29) is 10.6 Å². The van der Waals surface area contributed by atoms with Crippen LogP contribution >= 0.6 is 11.6 Å². The monoisotopic (exact) mass is 174 g/mol. The Kier molecular flexibility index (Phi) is 4.22. The van der Waals surface area contributed by atoms with Gasteiger partial charge < -0.3 is 5.11 Å².